The summed E-state index contributed by atoms with van der Waals surface area (Å²) in [6, 6.07) is 0. The van der Waals surface area contributed by atoms with Crippen molar-refractivity contribution >= 4 is 0 Å². The first kappa shape index (κ1) is 16.8. The van der Waals surface area contributed by atoms with Crippen LogP contribution in [0.25, 0.3) is 0 Å². The predicted octanol–water partition coefficient (Wildman–Crippen LogP) is 4.39. The molecule has 0 amide bonds. The lowest BCUT2D eigenvalue weighted by molar-refractivity contribution is -0.242. The Morgan fingerprint density at radius 3 is 2.41 bits per heavy atom. The normalized spacial score (nSPS) is 52.2. The summed E-state index contributed by atoms with van der Waals surface area (Å²) in [5.41, 5.74) is -0.554. The number of rotatable bonds is 2. The largest absolute Gasteiger partial charge is 0.396 e. The van der Waals surface area contributed by atoms with Gasteiger partial charge < -0.3 is 10.2 Å². The molecule has 3 fully saturated rings. The molecule has 3 saturated carbocycles. The van der Waals surface area contributed by atoms with E-state index < -0.39 is 5.60 Å². The zero-order chi connectivity index (χ0) is 16.2. The van der Waals surface area contributed by atoms with Crippen molar-refractivity contribution in [1.82, 2.24) is 0 Å². The van der Waals surface area contributed by atoms with E-state index in [1.165, 1.54) is 25.7 Å². The molecule has 0 saturated heterocycles. The van der Waals surface area contributed by atoms with Gasteiger partial charge in [-0.3, -0.25) is 0 Å². The molecule has 0 aromatic carbocycles. The lowest BCUT2D eigenvalue weighted by atomic mass is 9.42. The minimum Gasteiger partial charge on any atom is -0.396 e. The molecular weight excluding hydrogens is 272 g/mol. The molecule has 0 spiro atoms. The Balaban J connectivity index is 1.91. The number of aliphatic hydroxyl groups excluding tert-OH is 1. The van der Waals surface area contributed by atoms with Gasteiger partial charge in [0.25, 0.3) is 0 Å². The highest BCUT2D eigenvalue weighted by Gasteiger charge is 2.64. The number of fused-ring (bicyclic) bond motifs is 3. The quantitative estimate of drug-likeness (QED) is 0.794. The monoisotopic (exact) mass is 308 g/mol. The van der Waals surface area contributed by atoms with Crippen LogP contribution in [0.1, 0.15) is 79.1 Å². The molecular formula is C20H36O2. The Bertz CT molecular complexity index is 420. The third kappa shape index (κ3) is 2.20. The highest BCUT2D eigenvalue weighted by molar-refractivity contribution is 5.14. The van der Waals surface area contributed by atoms with E-state index in [2.05, 4.69) is 27.7 Å². The summed E-state index contributed by atoms with van der Waals surface area (Å²) in [7, 11) is 0. The Morgan fingerprint density at radius 2 is 1.77 bits per heavy atom. The molecule has 0 radical (unpaired) electrons. The first-order valence-corrected chi connectivity index (χ1v) is 9.60. The second kappa shape index (κ2) is 5.48. The Morgan fingerprint density at radius 1 is 1.05 bits per heavy atom. The predicted molar refractivity (Wildman–Crippen MR) is 90.5 cm³/mol. The van der Waals surface area contributed by atoms with Gasteiger partial charge in [-0.15, -0.1) is 0 Å². The number of aliphatic hydroxyl groups is 2. The molecule has 2 N–H and O–H groups in total. The van der Waals surface area contributed by atoms with Gasteiger partial charge in [-0.25, -0.2) is 0 Å². The molecule has 128 valence electrons. The van der Waals surface area contributed by atoms with Crippen molar-refractivity contribution in [3.63, 3.8) is 0 Å². The van der Waals surface area contributed by atoms with Crippen molar-refractivity contribution in [1.29, 1.82) is 0 Å². The topological polar surface area (TPSA) is 40.5 Å². The van der Waals surface area contributed by atoms with Gasteiger partial charge in [-0.1, -0.05) is 27.7 Å². The summed E-state index contributed by atoms with van der Waals surface area (Å²) in [5, 5.41) is 21.8. The summed E-state index contributed by atoms with van der Waals surface area (Å²) >= 11 is 0. The van der Waals surface area contributed by atoms with Crippen LogP contribution in [-0.4, -0.2) is 22.4 Å². The molecule has 0 aromatic rings. The van der Waals surface area contributed by atoms with Crippen molar-refractivity contribution in [2.24, 2.45) is 34.5 Å². The Kier molecular flexibility index (Phi) is 4.18. The molecule has 0 aromatic heterocycles. The third-order valence-electron chi connectivity index (χ3n) is 8.34. The SMILES string of the molecule is CC(C)C1CCC2(C)C(CCC3C(C)(CO)CCCC32O)C1. The van der Waals surface area contributed by atoms with Crippen LogP contribution < -0.4 is 0 Å². The van der Waals surface area contributed by atoms with E-state index in [4.69, 9.17) is 0 Å². The van der Waals surface area contributed by atoms with Crippen molar-refractivity contribution in [2.75, 3.05) is 6.61 Å². The maximum absolute atomic E-state index is 11.8. The maximum atomic E-state index is 11.8. The minimum absolute atomic E-state index is 0.0676. The van der Waals surface area contributed by atoms with Crippen molar-refractivity contribution in [2.45, 2.75) is 84.7 Å². The van der Waals surface area contributed by atoms with Crippen LogP contribution >= 0.6 is 0 Å². The second-order valence-electron chi connectivity index (χ2n) is 9.61. The summed E-state index contributed by atoms with van der Waals surface area (Å²) in [6.07, 6.45) is 9.21. The summed E-state index contributed by atoms with van der Waals surface area (Å²) in [5.74, 6) is 2.57. The van der Waals surface area contributed by atoms with Crippen LogP contribution in [0.3, 0.4) is 0 Å². The fourth-order valence-corrected chi connectivity index (χ4v) is 6.56. The van der Waals surface area contributed by atoms with E-state index in [1.807, 2.05) is 0 Å². The van der Waals surface area contributed by atoms with Gasteiger partial charge in [0.1, 0.15) is 0 Å². The van der Waals surface area contributed by atoms with E-state index in [-0.39, 0.29) is 23.4 Å². The van der Waals surface area contributed by atoms with Gasteiger partial charge in [0.05, 0.1) is 5.60 Å². The molecule has 2 heteroatoms. The van der Waals surface area contributed by atoms with Gasteiger partial charge >= 0.3 is 0 Å². The Labute approximate surface area is 136 Å². The molecule has 6 atom stereocenters. The van der Waals surface area contributed by atoms with Crippen LogP contribution in [0.5, 0.6) is 0 Å². The zero-order valence-corrected chi connectivity index (χ0v) is 15.1. The molecule has 3 aliphatic rings. The molecule has 3 rings (SSSR count). The van der Waals surface area contributed by atoms with Crippen molar-refractivity contribution < 1.29 is 10.2 Å². The Hall–Kier alpha value is -0.0800. The van der Waals surface area contributed by atoms with Gasteiger partial charge in [-0.05, 0) is 85.9 Å². The molecule has 2 nitrogen and oxygen atoms in total. The van der Waals surface area contributed by atoms with Gasteiger partial charge in [0.15, 0.2) is 0 Å². The van der Waals surface area contributed by atoms with Crippen LogP contribution in [0.4, 0.5) is 0 Å². The summed E-state index contributed by atoms with van der Waals surface area (Å²) < 4.78 is 0. The van der Waals surface area contributed by atoms with Crippen LogP contribution in [0.15, 0.2) is 0 Å². The first-order chi connectivity index (χ1) is 10.3. The van der Waals surface area contributed by atoms with Crippen molar-refractivity contribution in [3.05, 3.63) is 0 Å². The standard InChI is InChI=1S/C20H36O2/c1-14(2)15-8-11-19(4)16(12-15)6-7-17-18(3,13-21)9-5-10-20(17,19)22/h14-17,21-22H,5-13H2,1-4H3. The van der Waals surface area contributed by atoms with E-state index in [0.717, 1.165) is 37.5 Å². The van der Waals surface area contributed by atoms with E-state index in [9.17, 15) is 10.2 Å². The summed E-state index contributed by atoms with van der Waals surface area (Å²) in [6.45, 7) is 9.54. The lowest BCUT2D eigenvalue weighted by Gasteiger charge is -2.65. The fourth-order valence-electron chi connectivity index (χ4n) is 6.56. The first-order valence-electron chi connectivity index (χ1n) is 9.60. The van der Waals surface area contributed by atoms with Crippen LogP contribution in [0, 0.1) is 34.5 Å². The van der Waals surface area contributed by atoms with Gasteiger partial charge in [0, 0.05) is 6.61 Å². The molecule has 0 heterocycles. The highest BCUT2D eigenvalue weighted by Crippen LogP contribution is 2.65. The maximum Gasteiger partial charge on any atom is 0.0737 e. The average molecular weight is 309 g/mol. The lowest BCUT2D eigenvalue weighted by Crippen LogP contribution is -2.65. The molecule has 22 heavy (non-hydrogen) atoms. The number of hydrogen-bond acceptors (Lipinski definition) is 2. The fraction of sp³-hybridized carbons (Fsp3) is 1.00. The molecule has 0 bridgehead atoms. The van der Waals surface area contributed by atoms with E-state index in [0.29, 0.717) is 5.92 Å². The molecule has 6 unspecified atom stereocenters. The van der Waals surface area contributed by atoms with Crippen LogP contribution in [-0.2, 0) is 0 Å². The third-order valence-corrected chi connectivity index (χ3v) is 8.34. The zero-order valence-electron chi connectivity index (χ0n) is 15.1. The average Bonchev–Trinajstić information content (AvgIpc) is 2.47. The second-order valence-corrected chi connectivity index (χ2v) is 9.61. The van der Waals surface area contributed by atoms with Gasteiger partial charge in [-0.2, -0.15) is 0 Å². The van der Waals surface area contributed by atoms with Crippen molar-refractivity contribution in [3.8, 4) is 0 Å². The molecule has 0 aliphatic heterocycles. The smallest absolute Gasteiger partial charge is 0.0737 e. The van der Waals surface area contributed by atoms with E-state index in [1.54, 1.807) is 0 Å². The highest BCUT2D eigenvalue weighted by atomic mass is 16.3. The van der Waals surface area contributed by atoms with Crippen LogP contribution in [0.2, 0.25) is 0 Å². The summed E-state index contributed by atoms with van der Waals surface area (Å²) in [4.78, 5) is 0. The molecule has 3 aliphatic carbocycles. The number of hydrogen-bond donors (Lipinski definition) is 2. The van der Waals surface area contributed by atoms with Gasteiger partial charge in [0.2, 0.25) is 0 Å². The van der Waals surface area contributed by atoms with E-state index >= 15 is 0 Å². The minimum atomic E-state index is -0.548.